The van der Waals surface area contributed by atoms with Crippen LogP contribution in [0.4, 0.5) is 10.5 Å². The van der Waals surface area contributed by atoms with E-state index in [1.54, 1.807) is 12.4 Å². The van der Waals surface area contributed by atoms with E-state index in [-0.39, 0.29) is 30.2 Å². The van der Waals surface area contributed by atoms with E-state index in [0.717, 1.165) is 18.5 Å². The van der Waals surface area contributed by atoms with Gasteiger partial charge in [-0.1, -0.05) is 0 Å². The number of urea groups is 1. The number of amides is 4. The Hall–Kier alpha value is -2.71. The van der Waals surface area contributed by atoms with Crippen LogP contribution < -0.4 is 15.5 Å². The number of nitrogens with zero attached hydrogens (tertiary/aromatic N) is 4. The Labute approximate surface area is 157 Å². The molecule has 3 heterocycles. The summed E-state index contributed by atoms with van der Waals surface area (Å²) in [7, 11) is 0. The fourth-order valence-corrected chi connectivity index (χ4v) is 4.22. The quantitative estimate of drug-likeness (QED) is 0.719. The Morgan fingerprint density at radius 1 is 1.26 bits per heavy atom. The van der Waals surface area contributed by atoms with Crippen molar-refractivity contribution in [3.8, 4) is 0 Å². The molecule has 2 atom stereocenters. The van der Waals surface area contributed by atoms with Crippen LogP contribution in [0.1, 0.15) is 32.6 Å². The Balaban J connectivity index is 1.35. The maximum atomic E-state index is 12.8. The molecule has 1 aromatic rings. The van der Waals surface area contributed by atoms with Gasteiger partial charge in [0.15, 0.2) is 0 Å². The zero-order chi connectivity index (χ0) is 19.0. The van der Waals surface area contributed by atoms with Gasteiger partial charge in [-0.3, -0.25) is 14.9 Å². The minimum Gasteiger partial charge on any atom is -0.363 e. The van der Waals surface area contributed by atoms with Crippen LogP contribution in [0.15, 0.2) is 18.7 Å². The van der Waals surface area contributed by atoms with E-state index >= 15 is 0 Å². The van der Waals surface area contributed by atoms with Gasteiger partial charge in [0.25, 0.3) is 5.91 Å². The number of imide groups is 1. The van der Waals surface area contributed by atoms with Gasteiger partial charge >= 0.3 is 6.03 Å². The Bertz CT molecular complexity index is 753. The molecule has 27 heavy (non-hydrogen) atoms. The molecule has 4 rings (SSSR count). The van der Waals surface area contributed by atoms with E-state index in [1.807, 2.05) is 4.90 Å². The van der Waals surface area contributed by atoms with Gasteiger partial charge in [-0.05, 0) is 32.1 Å². The van der Waals surface area contributed by atoms with Crippen LogP contribution in [0.3, 0.4) is 0 Å². The smallest absolute Gasteiger partial charge is 0.322 e. The second-order valence-electron chi connectivity index (χ2n) is 7.63. The molecule has 4 amide bonds. The zero-order valence-electron chi connectivity index (χ0n) is 15.4. The molecule has 144 valence electrons. The van der Waals surface area contributed by atoms with E-state index in [9.17, 15) is 14.4 Å². The SMILES string of the molecule is C[C@H]1CN(C(=O)CCC2(C3CC3)NC(=O)NC2=O)CCN1c1cncnc1. The van der Waals surface area contributed by atoms with Gasteiger partial charge in [-0.2, -0.15) is 0 Å². The summed E-state index contributed by atoms with van der Waals surface area (Å²) in [5, 5.41) is 5.11. The van der Waals surface area contributed by atoms with Crippen molar-refractivity contribution in [2.24, 2.45) is 5.92 Å². The molecule has 1 unspecified atom stereocenters. The molecule has 0 aromatic carbocycles. The molecule has 0 radical (unpaired) electrons. The zero-order valence-corrected chi connectivity index (χ0v) is 15.4. The summed E-state index contributed by atoms with van der Waals surface area (Å²) in [5.41, 5.74) is 0.0526. The van der Waals surface area contributed by atoms with Gasteiger partial charge in [0.2, 0.25) is 5.91 Å². The van der Waals surface area contributed by atoms with Gasteiger partial charge in [0.05, 0.1) is 18.1 Å². The van der Waals surface area contributed by atoms with Crippen molar-refractivity contribution in [2.45, 2.75) is 44.2 Å². The average molecular weight is 372 g/mol. The number of hydrogen-bond donors (Lipinski definition) is 2. The second kappa shape index (κ2) is 6.79. The first-order chi connectivity index (χ1) is 13.0. The normalized spacial score (nSPS) is 28.1. The third-order valence-corrected chi connectivity index (χ3v) is 5.84. The third kappa shape index (κ3) is 3.33. The van der Waals surface area contributed by atoms with Crippen LogP contribution in [-0.4, -0.2) is 63.9 Å². The minimum absolute atomic E-state index is 0.0276. The molecule has 3 aliphatic rings. The lowest BCUT2D eigenvalue weighted by molar-refractivity contribution is -0.133. The van der Waals surface area contributed by atoms with Gasteiger partial charge in [0.1, 0.15) is 11.9 Å². The molecule has 2 aliphatic heterocycles. The summed E-state index contributed by atoms with van der Waals surface area (Å²) < 4.78 is 0. The molecule has 2 N–H and O–H groups in total. The molecule has 3 fully saturated rings. The lowest BCUT2D eigenvalue weighted by Gasteiger charge is -2.41. The van der Waals surface area contributed by atoms with Gasteiger partial charge in [-0.25, -0.2) is 14.8 Å². The number of piperazine rings is 1. The molecule has 9 nitrogen and oxygen atoms in total. The van der Waals surface area contributed by atoms with Crippen molar-refractivity contribution in [2.75, 3.05) is 24.5 Å². The highest BCUT2D eigenvalue weighted by Gasteiger charge is 2.55. The average Bonchev–Trinajstić information content (AvgIpc) is 3.47. The molecular weight excluding hydrogens is 348 g/mol. The first-order valence-electron chi connectivity index (χ1n) is 9.42. The maximum absolute atomic E-state index is 12.8. The predicted octanol–water partition coefficient (Wildman–Crippen LogP) is 0.282. The topological polar surface area (TPSA) is 108 Å². The highest BCUT2D eigenvalue weighted by atomic mass is 16.2. The Morgan fingerprint density at radius 3 is 2.59 bits per heavy atom. The second-order valence-corrected chi connectivity index (χ2v) is 7.63. The molecule has 1 aliphatic carbocycles. The number of anilines is 1. The summed E-state index contributed by atoms with van der Waals surface area (Å²) in [6.07, 6.45) is 7.50. The lowest BCUT2D eigenvalue weighted by atomic mass is 9.87. The van der Waals surface area contributed by atoms with Crippen LogP contribution >= 0.6 is 0 Å². The van der Waals surface area contributed by atoms with E-state index in [4.69, 9.17) is 0 Å². The highest BCUT2D eigenvalue weighted by molar-refractivity contribution is 6.07. The van der Waals surface area contributed by atoms with Crippen molar-refractivity contribution in [3.63, 3.8) is 0 Å². The molecule has 0 bridgehead atoms. The molecule has 9 heteroatoms. The predicted molar refractivity (Wildman–Crippen MR) is 96.8 cm³/mol. The van der Waals surface area contributed by atoms with Gasteiger partial charge in [0, 0.05) is 32.1 Å². The Morgan fingerprint density at radius 2 is 2.00 bits per heavy atom. The summed E-state index contributed by atoms with van der Waals surface area (Å²) in [5.74, 6) is -0.115. The lowest BCUT2D eigenvalue weighted by Crippen LogP contribution is -2.54. The first kappa shape index (κ1) is 17.7. The number of carbonyl (C=O) groups is 3. The van der Waals surface area contributed by atoms with Crippen LogP contribution in [-0.2, 0) is 9.59 Å². The third-order valence-electron chi connectivity index (χ3n) is 5.84. The fraction of sp³-hybridized carbons (Fsp3) is 0.611. The number of aromatic nitrogens is 2. The van der Waals surface area contributed by atoms with E-state index in [2.05, 4.69) is 32.4 Å². The first-order valence-corrected chi connectivity index (χ1v) is 9.42. The number of hydrogen-bond acceptors (Lipinski definition) is 6. The van der Waals surface area contributed by atoms with E-state index < -0.39 is 11.6 Å². The van der Waals surface area contributed by atoms with Crippen LogP contribution in [0.2, 0.25) is 0 Å². The number of rotatable bonds is 5. The summed E-state index contributed by atoms with van der Waals surface area (Å²) >= 11 is 0. The van der Waals surface area contributed by atoms with Gasteiger partial charge < -0.3 is 15.1 Å². The molecule has 2 saturated heterocycles. The Kier molecular flexibility index (Phi) is 4.45. The van der Waals surface area contributed by atoms with Crippen molar-refractivity contribution in [1.29, 1.82) is 0 Å². The summed E-state index contributed by atoms with van der Waals surface area (Å²) in [4.78, 5) is 48.8. The monoisotopic (exact) mass is 372 g/mol. The maximum Gasteiger partial charge on any atom is 0.322 e. The van der Waals surface area contributed by atoms with Crippen molar-refractivity contribution < 1.29 is 14.4 Å². The molecule has 1 saturated carbocycles. The molecular formula is C18H24N6O3. The van der Waals surface area contributed by atoms with Crippen molar-refractivity contribution in [1.82, 2.24) is 25.5 Å². The highest BCUT2D eigenvalue weighted by Crippen LogP contribution is 2.43. The van der Waals surface area contributed by atoms with Crippen molar-refractivity contribution >= 4 is 23.5 Å². The largest absolute Gasteiger partial charge is 0.363 e. The van der Waals surface area contributed by atoms with E-state index in [0.29, 0.717) is 26.1 Å². The van der Waals surface area contributed by atoms with E-state index in [1.165, 1.54) is 6.33 Å². The van der Waals surface area contributed by atoms with Crippen molar-refractivity contribution in [3.05, 3.63) is 18.7 Å². The number of nitrogens with one attached hydrogen (secondary N) is 2. The summed E-state index contributed by atoms with van der Waals surface area (Å²) in [6.45, 7) is 4.02. The standard InChI is InChI=1S/C18H24N6O3/c1-12-10-23(6-7-24(12)14-8-19-11-20-9-14)15(25)4-5-18(13-2-3-13)16(26)21-17(27)22-18/h8-9,11-13H,2-7,10H2,1H3,(H2,21,22,26,27)/t12-,18?/m0/s1. The molecule has 0 spiro atoms. The van der Waals surface area contributed by atoms with Crippen LogP contribution in [0.25, 0.3) is 0 Å². The fourth-order valence-electron chi connectivity index (χ4n) is 4.22. The minimum atomic E-state index is -0.901. The van der Waals surface area contributed by atoms with Crippen LogP contribution in [0.5, 0.6) is 0 Å². The number of carbonyl (C=O) groups excluding carboxylic acids is 3. The van der Waals surface area contributed by atoms with Crippen LogP contribution in [0, 0.1) is 5.92 Å². The molecule has 1 aromatic heterocycles. The summed E-state index contributed by atoms with van der Waals surface area (Å²) in [6, 6.07) is -0.299. The van der Waals surface area contributed by atoms with Gasteiger partial charge in [-0.15, -0.1) is 0 Å².